The van der Waals surface area contributed by atoms with Crippen LogP contribution in [0.15, 0.2) is 47.2 Å². The second-order valence-electron chi connectivity index (χ2n) is 5.70. The Morgan fingerprint density at radius 2 is 1.92 bits per heavy atom. The summed E-state index contributed by atoms with van der Waals surface area (Å²) in [7, 11) is 0. The van der Waals surface area contributed by atoms with Crippen LogP contribution in [0.25, 0.3) is 11.5 Å². The van der Waals surface area contributed by atoms with Crippen molar-refractivity contribution in [1.29, 1.82) is 0 Å². The third-order valence-electron chi connectivity index (χ3n) is 4.07. The minimum Gasteiger partial charge on any atom is -0.334 e. The number of nitrogens with zero attached hydrogens (tertiary/aromatic N) is 4. The Bertz CT molecular complexity index is 929. The zero-order valence-corrected chi connectivity index (χ0v) is 12.9. The zero-order chi connectivity index (χ0) is 17.4. The van der Waals surface area contributed by atoms with Gasteiger partial charge in [0.25, 0.3) is 5.89 Å². The lowest BCUT2D eigenvalue weighted by Crippen LogP contribution is -2.24. The van der Waals surface area contributed by atoms with E-state index >= 15 is 0 Å². The molecular formula is C17H12F2N4O2. The van der Waals surface area contributed by atoms with E-state index in [-0.39, 0.29) is 24.8 Å². The standard InChI is InChI=1S/C17H12F2N4O2/c18-13-2-1-12(8-14(13)19)23-9-11(7-15(23)24)16-21-17(25-22-16)10-3-5-20-6-4-10/h1-6,8,11H,7,9H2. The molecule has 0 bridgehead atoms. The van der Waals surface area contributed by atoms with Crippen molar-refractivity contribution in [1.82, 2.24) is 15.1 Å². The third-order valence-corrected chi connectivity index (χ3v) is 4.07. The van der Waals surface area contributed by atoms with E-state index in [2.05, 4.69) is 15.1 Å². The number of carbonyl (C=O) groups excluding carboxylic acids is 1. The van der Waals surface area contributed by atoms with E-state index in [0.717, 1.165) is 17.7 Å². The van der Waals surface area contributed by atoms with Crippen LogP contribution in [0.4, 0.5) is 14.5 Å². The van der Waals surface area contributed by atoms with Gasteiger partial charge in [-0.05, 0) is 24.3 Å². The Kier molecular flexibility index (Phi) is 3.72. The van der Waals surface area contributed by atoms with Gasteiger partial charge in [-0.25, -0.2) is 8.78 Å². The Hall–Kier alpha value is -3.16. The van der Waals surface area contributed by atoms with Gasteiger partial charge in [-0.15, -0.1) is 0 Å². The summed E-state index contributed by atoms with van der Waals surface area (Å²) >= 11 is 0. The van der Waals surface area contributed by atoms with Crippen molar-refractivity contribution in [3.63, 3.8) is 0 Å². The average molecular weight is 342 g/mol. The molecule has 1 amide bonds. The fourth-order valence-corrected chi connectivity index (χ4v) is 2.80. The topological polar surface area (TPSA) is 72.1 Å². The second-order valence-corrected chi connectivity index (χ2v) is 5.70. The van der Waals surface area contributed by atoms with Gasteiger partial charge in [0.2, 0.25) is 5.91 Å². The molecule has 1 aromatic carbocycles. The smallest absolute Gasteiger partial charge is 0.258 e. The van der Waals surface area contributed by atoms with Crippen molar-refractivity contribution >= 4 is 11.6 Å². The van der Waals surface area contributed by atoms with Crippen LogP contribution in [0.3, 0.4) is 0 Å². The molecule has 126 valence electrons. The van der Waals surface area contributed by atoms with Crippen LogP contribution < -0.4 is 4.90 Å². The van der Waals surface area contributed by atoms with Gasteiger partial charge in [-0.3, -0.25) is 9.78 Å². The number of amides is 1. The number of benzene rings is 1. The molecule has 2 aromatic heterocycles. The van der Waals surface area contributed by atoms with E-state index in [0.29, 0.717) is 17.4 Å². The van der Waals surface area contributed by atoms with Crippen molar-refractivity contribution < 1.29 is 18.1 Å². The highest BCUT2D eigenvalue weighted by Gasteiger charge is 2.35. The second kappa shape index (κ2) is 6.04. The molecule has 1 aliphatic heterocycles. The molecule has 0 saturated carbocycles. The van der Waals surface area contributed by atoms with Crippen LogP contribution in [0.5, 0.6) is 0 Å². The quantitative estimate of drug-likeness (QED) is 0.732. The summed E-state index contributed by atoms with van der Waals surface area (Å²) in [4.78, 5) is 21.9. The molecule has 1 fully saturated rings. The summed E-state index contributed by atoms with van der Waals surface area (Å²) < 4.78 is 31.7. The van der Waals surface area contributed by atoms with Crippen molar-refractivity contribution in [3.05, 3.63) is 60.2 Å². The molecule has 1 unspecified atom stereocenters. The molecule has 1 atom stereocenters. The van der Waals surface area contributed by atoms with Crippen LogP contribution >= 0.6 is 0 Å². The molecule has 3 heterocycles. The monoisotopic (exact) mass is 342 g/mol. The summed E-state index contributed by atoms with van der Waals surface area (Å²) in [5, 5.41) is 3.95. The highest BCUT2D eigenvalue weighted by Crippen LogP contribution is 2.32. The van der Waals surface area contributed by atoms with E-state index in [1.54, 1.807) is 24.5 Å². The first-order chi connectivity index (χ1) is 12.1. The number of hydrogen-bond donors (Lipinski definition) is 0. The van der Waals surface area contributed by atoms with Gasteiger partial charge < -0.3 is 9.42 Å². The Morgan fingerprint density at radius 3 is 2.68 bits per heavy atom. The fraction of sp³-hybridized carbons (Fsp3) is 0.176. The van der Waals surface area contributed by atoms with Crippen LogP contribution in [0.2, 0.25) is 0 Å². The highest BCUT2D eigenvalue weighted by molar-refractivity contribution is 5.96. The van der Waals surface area contributed by atoms with Gasteiger partial charge in [0, 0.05) is 48.6 Å². The number of carbonyl (C=O) groups is 1. The number of rotatable bonds is 3. The van der Waals surface area contributed by atoms with Gasteiger partial charge in [-0.1, -0.05) is 5.16 Å². The van der Waals surface area contributed by atoms with Crippen LogP contribution in [0, 0.1) is 11.6 Å². The van der Waals surface area contributed by atoms with Gasteiger partial charge >= 0.3 is 0 Å². The van der Waals surface area contributed by atoms with Crippen LogP contribution in [-0.4, -0.2) is 27.6 Å². The lowest BCUT2D eigenvalue weighted by molar-refractivity contribution is -0.117. The predicted molar refractivity (Wildman–Crippen MR) is 83.6 cm³/mol. The number of halogens is 2. The van der Waals surface area contributed by atoms with Crippen molar-refractivity contribution in [2.75, 3.05) is 11.4 Å². The normalized spacial score (nSPS) is 17.3. The SMILES string of the molecule is O=C1CC(c2noc(-c3ccncc3)n2)CN1c1ccc(F)c(F)c1. The average Bonchev–Trinajstić information content (AvgIpc) is 3.25. The molecule has 0 aliphatic carbocycles. The Morgan fingerprint density at radius 1 is 1.12 bits per heavy atom. The molecule has 1 saturated heterocycles. The molecule has 8 heteroatoms. The third kappa shape index (κ3) is 2.86. The summed E-state index contributed by atoms with van der Waals surface area (Å²) in [5.74, 6) is -1.67. The minimum atomic E-state index is -0.992. The van der Waals surface area contributed by atoms with Crippen LogP contribution in [0.1, 0.15) is 18.2 Å². The van der Waals surface area contributed by atoms with Crippen molar-refractivity contribution in [2.45, 2.75) is 12.3 Å². The first-order valence-electron chi connectivity index (χ1n) is 7.61. The number of pyridine rings is 1. The Labute approximate surface area is 141 Å². The summed E-state index contributed by atoms with van der Waals surface area (Å²) in [5.41, 5.74) is 1.04. The maximum atomic E-state index is 13.4. The molecule has 0 radical (unpaired) electrons. The van der Waals surface area contributed by atoms with Crippen LogP contribution in [-0.2, 0) is 4.79 Å². The van der Waals surface area contributed by atoms with E-state index in [9.17, 15) is 13.6 Å². The van der Waals surface area contributed by atoms with Crippen molar-refractivity contribution in [2.24, 2.45) is 0 Å². The molecule has 0 N–H and O–H groups in total. The first kappa shape index (κ1) is 15.4. The molecular weight excluding hydrogens is 330 g/mol. The van der Waals surface area contributed by atoms with E-state index in [4.69, 9.17) is 4.52 Å². The number of anilines is 1. The van der Waals surface area contributed by atoms with E-state index in [1.165, 1.54) is 11.0 Å². The molecule has 6 nitrogen and oxygen atoms in total. The highest BCUT2D eigenvalue weighted by atomic mass is 19.2. The maximum Gasteiger partial charge on any atom is 0.258 e. The first-order valence-corrected chi connectivity index (χ1v) is 7.61. The molecule has 0 spiro atoms. The lowest BCUT2D eigenvalue weighted by Gasteiger charge is -2.16. The zero-order valence-electron chi connectivity index (χ0n) is 12.9. The van der Waals surface area contributed by atoms with Gasteiger partial charge in [0.05, 0.1) is 0 Å². The molecule has 4 rings (SSSR count). The number of hydrogen-bond acceptors (Lipinski definition) is 5. The summed E-state index contributed by atoms with van der Waals surface area (Å²) in [6.07, 6.45) is 3.40. The predicted octanol–water partition coefficient (Wildman–Crippen LogP) is 2.93. The van der Waals surface area contributed by atoms with Gasteiger partial charge in [0.15, 0.2) is 17.5 Å². The minimum absolute atomic E-state index is 0.175. The van der Waals surface area contributed by atoms with Gasteiger partial charge in [-0.2, -0.15) is 4.98 Å². The fourth-order valence-electron chi connectivity index (χ4n) is 2.80. The largest absolute Gasteiger partial charge is 0.334 e. The number of aromatic nitrogens is 3. The van der Waals surface area contributed by atoms with Gasteiger partial charge in [0.1, 0.15) is 0 Å². The molecule has 1 aliphatic rings. The van der Waals surface area contributed by atoms with E-state index < -0.39 is 11.6 Å². The van der Waals surface area contributed by atoms with E-state index in [1.807, 2.05) is 0 Å². The Balaban J connectivity index is 1.56. The lowest BCUT2D eigenvalue weighted by atomic mass is 10.1. The van der Waals surface area contributed by atoms with Crippen molar-refractivity contribution in [3.8, 4) is 11.5 Å². The maximum absolute atomic E-state index is 13.4. The summed E-state index contributed by atoms with van der Waals surface area (Å²) in [6.45, 7) is 0.277. The molecule has 3 aromatic rings. The summed E-state index contributed by atoms with van der Waals surface area (Å²) in [6, 6.07) is 6.86. The molecule has 25 heavy (non-hydrogen) atoms.